The summed E-state index contributed by atoms with van der Waals surface area (Å²) in [6.07, 6.45) is 7.35. The number of carbonyl (C=O) groups is 1. The van der Waals surface area contributed by atoms with E-state index < -0.39 is 0 Å². The van der Waals surface area contributed by atoms with Crippen LogP contribution in [0.15, 0.2) is 28.9 Å². The van der Waals surface area contributed by atoms with Crippen LogP contribution in [0.25, 0.3) is 6.08 Å². The van der Waals surface area contributed by atoms with Crippen molar-refractivity contribution in [3.05, 3.63) is 30.2 Å². The first-order valence-corrected chi connectivity index (χ1v) is 5.39. The van der Waals surface area contributed by atoms with Crippen LogP contribution < -0.4 is 5.32 Å². The minimum atomic E-state index is -0.384. The summed E-state index contributed by atoms with van der Waals surface area (Å²) < 4.78 is 5.06. The van der Waals surface area contributed by atoms with Gasteiger partial charge in [0.2, 0.25) is 5.91 Å². The Morgan fingerprint density at radius 1 is 1.62 bits per heavy atom. The average Bonchev–Trinajstić information content (AvgIpc) is 2.73. The second-order valence-corrected chi connectivity index (χ2v) is 4.13. The van der Waals surface area contributed by atoms with Crippen molar-refractivity contribution in [2.24, 2.45) is 0 Å². The van der Waals surface area contributed by atoms with Gasteiger partial charge in [-0.05, 0) is 37.5 Å². The van der Waals surface area contributed by atoms with Gasteiger partial charge in [0.1, 0.15) is 5.76 Å². The molecule has 1 heterocycles. The van der Waals surface area contributed by atoms with Crippen molar-refractivity contribution in [2.75, 3.05) is 6.61 Å². The van der Waals surface area contributed by atoms with Gasteiger partial charge in [-0.1, -0.05) is 0 Å². The number of hydrogen-bond acceptors (Lipinski definition) is 3. The molecule has 2 rings (SSSR count). The molecule has 0 spiro atoms. The quantitative estimate of drug-likeness (QED) is 0.754. The lowest BCUT2D eigenvalue weighted by Gasteiger charge is -2.40. The van der Waals surface area contributed by atoms with Gasteiger partial charge in [-0.15, -0.1) is 0 Å². The molecule has 1 aliphatic rings. The Bertz CT molecular complexity index is 371. The van der Waals surface area contributed by atoms with Gasteiger partial charge in [-0.25, -0.2) is 0 Å². The van der Waals surface area contributed by atoms with Crippen LogP contribution in [0, 0.1) is 0 Å². The largest absolute Gasteiger partial charge is 0.465 e. The third kappa shape index (κ3) is 2.33. The number of aliphatic hydroxyl groups excluding tert-OH is 1. The molecule has 2 N–H and O–H groups in total. The number of nitrogens with one attached hydrogen (secondary N) is 1. The topological polar surface area (TPSA) is 62.5 Å². The predicted molar refractivity (Wildman–Crippen MR) is 59.6 cm³/mol. The first-order chi connectivity index (χ1) is 7.74. The number of aliphatic hydroxyl groups is 1. The van der Waals surface area contributed by atoms with Crippen LogP contribution in [0.2, 0.25) is 0 Å². The van der Waals surface area contributed by atoms with Gasteiger partial charge in [0.05, 0.1) is 18.4 Å². The molecule has 4 nitrogen and oxygen atoms in total. The summed E-state index contributed by atoms with van der Waals surface area (Å²) in [5.74, 6) is 0.451. The van der Waals surface area contributed by atoms with Crippen LogP contribution in [-0.4, -0.2) is 23.2 Å². The van der Waals surface area contributed by atoms with Crippen molar-refractivity contribution in [1.29, 1.82) is 0 Å². The summed E-state index contributed by atoms with van der Waals surface area (Å²) in [5.41, 5.74) is -0.384. The van der Waals surface area contributed by atoms with Gasteiger partial charge in [0, 0.05) is 6.08 Å². The number of rotatable bonds is 4. The molecular formula is C12H15NO3. The molecule has 1 aromatic rings. The van der Waals surface area contributed by atoms with Crippen LogP contribution in [0.4, 0.5) is 0 Å². The lowest BCUT2D eigenvalue weighted by molar-refractivity contribution is -0.120. The van der Waals surface area contributed by atoms with E-state index in [1.165, 1.54) is 6.08 Å². The van der Waals surface area contributed by atoms with Gasteiger partial charge < -0.3 is 14.8 Å². The summed E-state index contributed by atoms with van der Waals surface area (Å²) in [5, 5.41) is 12.0. The number of carbonyl (C=O) groups excluding carboxylic acids is 1. The molecule has 1 fully saturated rings. The highest BCUT2D eigenvalue weighted by Crippen LogP contribution is 2.31. The Balaban J connectivity index is 1.89. The molecule has 1 aliphatic carbocycles. The van der Waals surface area contributed by atoms with Crippen LogP contribution in [0.5, 0.6) is 0 Å². The van der Waals surface area contributed by atoms with Crippen molar-refractivity contribution in [2.45, 2.75) is 24.8 Å². The third-order valence-electron chi connectivity index (χ3n) is 2.94. The molecule has 1 saturated carbocycles. The molecular weight excluding hydrogens is 206 g/mol. The fourth-order valence-electron chi connectivity index (χ4n) is 1.77. The molecule has 0 radical (unpaired) electrons. The van der Waals surface area contributed by atoms with E-state index in [2.05, 4.69) is 5.32 Å². The van der Waals surface area contributed by atoms with Crippen LogP contribution in [0.3, 0.4) is 0 Å². The van der Waals surface area contributed by atoms with Crippen molar-refractivity contribution < 1.29 is 14.3 Å². The average molecular weight is 221 g/mol. The standard InChI is InChI=1S/C12H15NO3/c14-9-12(6-2-7-12)13-11(15)5-4-10-3-1-8-16-10/h1,3-5,8,14H,2,6-7,9H2,(H,13,15)/b5-4+. The van der Waals surface area contributed by atoms with Crippen LogP contribution in [0.1, 0.15) is 25.0 Å². The van der Waals surface area contributed by atoms with Gasteiger partial charge >= 0.3 is 0 Å². The lowest BCUT2D eigenvalue weighted by atomic mass is 9.77. The molecule has 0 aliphatic heterocycles. The zero-order valence-corrected chi connectivity index (χ0v) is 8.98. The molecule has 16 heavy (non-hydrogen) atoms. The third-order valence-corrected chi connectivity index (χ3v) is 2.94. The summed E-state index contributed by atoms with van der Waals surface area (Å²) in [6, 6.07) is 3.54. The van der Waals surface area contributed by atoms with E-state index in [1.54, 1.807) is 24.5 Å². The zero-order chi connectivity index (χ0) is 11.4. The summed E-state index contributed by atoms with van der Waals surface area (Å²) in [4.78, 5) is 11.6. The fourth-order valence-corrected chi connectivity index (χ4v) is 1.77. The Kier molecular flexibility index (Phi) is 3.10. The molecule has 0 unspecified atom stereocenters. The highest BCUT2D eigenvalue weighted by Gasteiger charge is 2.37. The molecule has 0 aromatic carbocycles. The minimum Gasteiger partial charge on any atom is -0.465 e. The smallest absolute Gasteiger partial charge is 0.244 e. The van der Waals surface area contributed by atoms with Gasteiger partial charge in [-0.3, -0.25) is 4.79 Å². The molecule has 0 bridgehead atoms. The van der Waals surface area contributed by atoms with Gasteiger partial charge in [0.25, 0.3) is 0 Å². The number of hydrogen-bond donors (Lipinski definition) is 2. The summed E-state index contributed by atoms with van der Waals surface area (Å²) >= 11 is 0. The Labute approximate surface area is 94.0 Å². The van der Waals surface area contributed by atoms with Crippen molar-refractivity contribution in [3.63, 3.8) is 0 Å². The predicted octanol–water partition coefficient (Wildman–Crippen LogP) is 1.32. The Morgan fingerprint density at radius 2 is 2.44 bits per heavy atom. The first-order valence-electron chi connectivity index (χ1n) is 5.39. The maximum absolute atomic E-state index is 11.6. The lowest BCUT2D eigenvalue weighted by Crippen LogP contribution is -2.55. The van der Waals surface area contributed by atoms with E-state index in [9.17, 15) is 9.90 Å². The fraction of sp³-hybridized carbons (Fsp3) is 0.417. The van der Waals surface area contributed by atoms with E-state index in [0.717, 1.165) is 19.3 Å². The number of furan rings is 1. The zero-order valence-electron chi connectivity index (χ0n) is 8.98. The van der Waals surface area contributed by atoms with E-state index in [0.29, 0.717) is 5.76 Å². The van der Waals surface area contributed by atoms with Crippen LogP contribution in [-0.2, 0) is 4.79 Å². The Morgan fingerprint density at radius 3 is 2.94 bits per heavy atom. The first kappa shape index (κ1) is 11.0. The molecule has 0 saturated heterocycles. The maximum Gasteiger partial charge on any atom is 0.244 e. The molecule has 1 amide bonds. The van der Waals surface area contributed by atoms with E-state index in [4.69, 9.17) is 4.42 Å². The maximum atomic E-state index is 11.6. The van der Waals surface area contributed by atoms with E-state index in [1.807, 2.05) is 0 Å². The normalized spacial score (nSPS) is 18.3. The van der Waals surface area contributed by atoms with Crippen molar-refractivity contribution in [3.8, 4) is 0 Å². The monoisotopic (exact) mass is 221 g/mol. The SMILES string of the molecule is O=C(/C=C/c1ccco1)NC1(CO)CCC1. The minimum absolute atomic E-state index is 0.00727. The second kappa shape index (κ2) is 4.53. The van der Waals surface area contributed by atoms with Crippen molar-refractivity contribution in [1.82, 2.24) is 5.32 Å². The van der Waals surface area contributed by atoms with Crippen molar-refractivity contribution >= 4 is 12.0 Å². The molecule has 4 heteroatoms. The summed E-state index contributed by atoms with van der Waals surface area (Å²) in [6.45, 7) is 0.00727. The molecule has 1 aromatic heterocycles. The van der Waals surface area contributed by atoms with Gasteiger partial charge in [0.15, 0.2) is 0 Å². The van der Waals surface area contributed by atoms with Crippen LogP contribution >= 0.6 is 0 Å². The Hall–Kier alpha value is -1.55. The number of amides is 1. The van der Waals surface area contributed by atoms with Gasteiger partial charge in [-0.2, -0.15) is 0 Å². The highest BCUT2D eigenvalue weighted by atomic mass is 16.3. The molecule has 86 valence electrons. The second-order valence-electron chi connectivity index (χ2n) is 4.13. The van der Waals surface area contributed by atoms with E-state index in [-0.39, 0.29) is 18.1 Å². The highest BCUT2D eigenvalue weighted by molar-refractivity contribution is 5.92. The molecule has 0 atom stereocenters. The van der Waals surface area contributed by atoms with E-state index >= 15 is 0 Å². The summed E-state index contributed by atoms with van der Waals surface area (Å²) in [7, 11) is 0.